The fourth-order valence-corrected chi connectivity index (χ4v) is 3.86. The van der Waals surface area contributed by atoms with E-state index in [2.05, 4.69) is 36.6 Å². The maximum atomic E-state index is 12.6. The Kier molecular flexibility index (Phi) is 4.18. The minimum absolute atomic E-state index is 0.00345. The molecule has 1 saturated carbocycles. The lowest BCUT2D eigenvalue weighted by Crippen LogP contribution is -2.37. The number of fused-ring (bicyclic) bond motifs is 1. The second kappa shape index (κ2) is 6.08. The minimum atomic E-state index is -0.00345. The van der Waals surface area contributed by atoms with E-state index >= 15 is 0 Å². The molecule has 1 heterocycles. The zero-order valence-electron chi connectivity index (χ0n) is 13.1. The van der Waals surface area contributed by atoms with Gasteiger partial charge in [-0.25, -0.2) is 0 Å². The van der Waals surface area contributed by atoms with E-state index in [-0.39, 0.29) is 11.8 Å². The van der Waals surface area contributed by atoms with Gasteiger partial charge in [0, 0.05) is 18.3 Å². The summed E-state index contributed by atoms with van der Waals surface area (Å²) in [5, 5.41) is 6.68. The van der Waals surface area contributed by atoms with Gasteiger partial charge in [-0.3, -0.25) is 4.79 Å². The van der Waals surface area contributed by atoms with Gasteiger partial charge in [0.15, 0.2) is 0 Å². The molecule has 0 bridgehead atoms. The molecule has 0 spiro atoms. The van der Waals surface area contributed by atoms with Crippen LogP contribution in [0.2, 0.25) is 0 Å². The zero-order valence-corrected chi connectivity index (χ0v) is 13.1. The molecule has 4 atom stereocenters. The standard InChI is InChI=1S/C18H26N2O/c1-12-7-8-14(9-12)11-19-18(21)16-10-13(2)20-17-6-4-3-5-15(16)17/h3-6,12-14,16,20H,7-11H2,1-2H3,(H,19,21). The highest BCUT2D eigenvalue weighted by molar-refractivity contribution is 5.86. The van der Waals surface area contributed by atoms with Gasteiger partial charge in [-0.2, -0.15) is 0 Å². The lowest BCUT2D eigenvalue weighted by atomic mass is 9.86. The van der Waals surface area contributed by atoms with Crippen LogP contribution in [-0.4, -0.2) is 18.5 Å². The third-order valence-corrected chi connectivity index (χ3v) is 5.01. The van der Waals surface area contributed by atoms with Gasteiger partial charge in [0.1, 0.15) is 0 Å². The van der Waals surface area contributed by atoms with Crippen LogP contribution in [0.15, 0.2) is 24.3 Å². The molecule has 1 fully saturated rings. The van der Waals surface area contributed by atoms with Crippen molar-refractivity contribution in [3.05, 3.63) is 29.8 Å². The van der Waals surface area contributed by atoms with Gasteiger partial charge in [0.25, 0.3) is 0 Å². The summed E-state index contributed by atoms with van der Waals surface area (Å²) >= 11 is 0. The molecule has 0 radical (unpaired) electrons. The lowest BCUT2D eigenvalue weighted by molar-refractivity contribution is -0.123. The van der Waals surface area contributed by atoms with Crippen molar-refractivity contribution in [2.45, 2.75) is 51.5 Å². The first-order valence-electron chi connectivity index (χ1n) is 8.26. The monoisotopic (exact) mass is 286 g/mol. The number of rotatable bonds is 3. The first-order chi connectivity index (χ1) is 10.1. The topological polar surface area (TPSA) is 41.1 Å². The molecule has 0 aromatic heterocycles. The summed E-state index contributed by atoms with van der Waals surface area (Å²) in [4.78, 5) is 12.6. The fraction of sp³-hybridized carbons (Fsp3) is 0.611. The van der Waals surface area contributed by atoms with Gasteiger partial charge in [-0.15, -0.1) is 0 Å². The summed E-state index contributed by atoms with van der Waals surface area (Å²) in [5.41, 5.74) is 2.26. The highest BCUT2D eigenvalue weighted by Crippen LogP contribution is 2.34. The van der Waals surface area contributed by atoms with E-state index in [1.165, 1.54) is 19.3 Å². The van der Waals surface area contributed by atoms with Crippen LogP contribution in [0.25, 0.3) is 0 Å². The normalized spacial score (nSPS) is 31.3. The molecule has 3 nitrogen and oxygen atoms in total. The van der Waals surface area contributed by atoms with Gasteiger partial charge in [0.05, 0.1) is 5.92 Å². The molecule has 1 aliphatic heterocycles. The molecule has 1 amide bonds. The van der Waals surface area contributed by atoms with Crippen molar-refractivity contribution < 1.29 is 4.79 Å². The smallest absolute Gasteiger partial charge is 0.227 e. The molecular weight excluding hydrogens is 260 g/mol. The van der Waals surface area contributed by atoms with Gasteiger partial charge in [-0.1, -0.05) is 31.5 Å². The lowest BCUT2D eigenvalue weighted by Gasteiger charge is -2.30. The molecule has 2 N–H and O–H groups in total. The van der Waals surface area contributed by atoms with Crippen molar-refractivity contribution in [2.75, 3.05) is 11.9 Å². The predicted octanol–water partition coefficient (Wildman–Crippen LogP) is 3.53. The highest BCUT2D eigenvalue weighted by Gasteiger charge is 2.30. The Hall–Kier alpha value is -1.51. The van der Waals surface area contributed by atoms with Crippen LogP contribution >= 0.6 is 0 Å². The van der Waals surface area contributed by atoms with Crippen molar-refractivity contribution >= 4 is 11.6 Å². The Morgan fingerprint density at radius 1 is 1.24 bits per heavy atom. The number of para-hydroxylation sites is 1. The quantitative estimate of drug-likeness (QED) is 0.892. The third-order valence-electron chi connectivity index (χ3n) is 5.01. The number of hydrogen-bond acceptors (Lipinski definition) is 2. The average Bonchev–Trinajstić information content (AvgIpc) is 2.89. The Morgan fingerprint density at radius 3 is 2.81 bits per heavy atom. The Balaban J connectivity index is 1.64. The molecule has 4 unspecified atom stereocenters. The Bertz CT molecular complexity index is 514. The molecule has 2 aliphatic rings. The number of amides is 1. The first-order valence-corrected chi connectivity index (χ1v) is 8.26. The maximum absolute atomic E-state index is 12.6. The number of benzene rings is 1. The molecule has 21 heavy (non-hydrogen) atoms. The van der Waals surface area contributed by atoms with E-state index in [1.807, 2.05) is 12.1 Å². The van der Waals surface area contributed by atoms with E-state index in [9.17, 15) is 4.79 Å². The highest BCUT2D eigenvalue weighted by atomic mass is 16.1. The van der Waals surface area contributed by atoms with Crippen molar-refractivity contribution in [1.82, 2.24) is 5.32 Å². The summed E-state index contributed by atoms with van der Waals surface area (Å²) in [6.07, 6.45) is 4.72. The van der Waals surface area contributed by atoms with Crippen molar-refractivity contribution in [2.24, 2.45) is 11.8 Å². The van der Waals surface area contributed by atoms with Crippen molar-refractivity contribution in [3.8, 4) is 0 Å². The number of hydrogen-bond donors (Lipinski definition) is 2. The van der Waals surface area contributed by atoms with Gasteiger partial charge in [-0.05, 0) is 49.7 Å². The van der Waals surface area contributed by atoms with E-state index in [1.54, 1.807) is 0 Å². The number of anilines is 1. The van der Waals surface area contributed by atoms with E-state index in [4.69, 9.17) is 0 Å². The molecule has 1 aliphatic carbocycles. The number of nitrogens with one attached hydrogen (secondary N) is 2. The van der Waals surface area contributed by atoms with Crippen molar-refractivity contribution in [1.29, 1.82) is 0 Å². The fourth-order valence-electron chi connectivity index (χ4n) is 3.86. The van der Waals surface area contributed by atoms with Gasteiger partial charge >= 0.3 is 0 Å². The SMILES string of the molecule is CC1CCC(CNC(=O)C2CC(C)Nc3ccccc32)C1. The molecule has 114 valence electrons. The second-order valence-corrected chi connectivity index (χ2v) is 6.95. The van der Waals surface area contributed by atoms with Gasteiger partial charge in [0.2, 0.25) is 5.91 Å². The summed E-state index contributed by atoms with van der Waals surface area (Å²) in [5.74, 6) is 1.71. The number of carbonyl (C=O) groups excluding carboxylic acids is 1. The molecule has 1 aromatic carbocycles. The van der Waals surface area contributed by atoms with Crippen LogP contribution in [0, 0.1) is 11.8 Å². The molecule has 3 rings (SSSR count). The van der Waals surface area contributed by atoms with Crippen molar-refractivity contribution in [3.63, 3.8) is 0 Å². The summed E-state index contributed by atoms with van der Waals surface area (Å²) in [6, 6.07) is 8.55. The molecule has 0 saturated heterocycles. The van der Waals surface area contributed by atoms with Gasteiger partial charge < -0.3 is 10.6 Å². The summed E-state index contributed by atoms with van der Waals surface area (Å²) in [7, 11) is 0. The number of carbonyl (C=O) groups is 1. The maximum Gasteiger partial charge on any atom is 0.227 e. The first kappa shape index (κ1) is 14.4. The van der Waals surface area contributed by atoms with Crippen LogP contribution in [-0.2, 0) is 4.79 Å². The zero-order chi connectivity index (χ0) is 14.8. The van der Waals surface area contributed by atoms with Crippen LogP contribution in [0.5, 0.6) is 0 Å². The second-order valence-electron chi connectivity index (χ2n) is 6.95. The van der Waals surface area contributed by atoms with Crippen LogP contribution in [0.4, 0.5) is 5.69 Å². The third kappa shape index (κ3) is 3.22. The molecular formula is C18H26N2O. The van der Waals surface area contributed by atoms with Crippen LogP contribution in [0.1, 0.15) is 51.0 Å². The Labute approximate surface area is 127 Å². The largest absolute Gasteiger partial charge is 0.382 e. The summed E-state index contributed by atoms with van der Waals surface area (Å²) in [6.45, 7) is 5.31. The molecule has 3 heteroatoms. The Morgan fingerprint density at radius 2 is 2.05 bits per heavy atom. The van der Waals surface area contributed by atoms with E-state index < -0.39 is 0 Å². The molecule has 1 aromatic rings. The minimum Gasteiger partial charge on any atom is -0.382 e. The van der Waals surface area contributed by atoms with E-state index in [0.717, 1.165) is 30.1 Å². The van der Waals surface area contributed by atoms with Crippen LogP contribution < -0.4 is 10.6 Å². The van der Waals surface area contributed by atoms with Crippen LogP contribution in [0.3, 0.4) is 0 Å². The average molecular weight is 286 g/mol. The van der Waals surface area contributed by atoms with E-state index in [0.29, 0.717) is 12.0 Å². The summed E-state index contributed by atoms with van der Waals surface area (Å²) < 4.78 is 0. The predicted molar refractivity (Wildman–Crippen MR) is 86.4 cm³/mol.